The highest BCUT2D eigenvalue weighted by molar-refractivity contribution is 9.10. The standard InChI is InChI=1S/C12H17BrO/c1-12(2,3)8-9-14-11-6-4-10(13)5-7-11/h4-7H,8-9H2,1-3H3. The van der Waals surface area contributed by atoms with Crippen molar-refractivity contribution in [1.29, 1.82) is 0 Å². The highest BCUT2D eigenvalue weighted by Crippen LogP contribution is 2.20. The summed E-state index contributed by atoms with van der Waals surface area (Å²) in [6.07, 6.45) is 1.07. The molecule has 1 nitrogen and oxygen atoms in total. The normalized spacial score (nSPS) is 11.4. The fraction of sp³-hybridized carbons (Fsp3) is 0.500. The average Bonchev–Trinajstić information content (AvgIpc) is 2.06. The van der Waals surface area contributed by atoms with Crippen molar-refractivity contribution in [3.05, 3.63) is 28.7 Å². The molecule has 78 valence electrons. The van der Waals surface area contributed by atoms with Crippen LogP contribution in [-0.2, 0) is 0 Å². The third-order valence-electron chi connectivity index (χ3n) is 1.93. The summed E-state index contributed by atoms with van der Waals surface area (Å²) in [6, 6.07) is 7.94. The predicted molar refractivity (Wildman–Crippen MR) is 63.7 cm³/mol. The number of hydrogen-bond donors (Lipinski definition) is 0. The van der Waals surface area contributed by atoms with Crippen LogP contribution in [0.2, 0.25) is 0 Å². The Hall–Kier alpha value is -0.500. The van der Waals surface area contributed by atoms with Gasteiger partial charge in [0.25, 0.3) is 0 Å². The summed E-state index contributed by atoms with van der Waals surface area (Å²) in [5.41, 5.74) is 0.343. The minimum Gasteiger partial charge on any atom is -0.494 e. The Morgan fingerprint density at radius 1 is 1.14 bits per heavy atom. The van der Waals surface area contributed by atoms with Gasteiger partial charge in [-0.25, -0.2) is 0 Å². The molecule has 1 aromatic carbocycles. The molecule has 0 bridgehead atoms. The summed E-state index contributed by atoms with van der Waals surface area (Å²) in [5.74, 6) is 0.942. The molecule has 0 N–H and O–H groups in total. The maximum absolute atomic E-state index is 5.62. The van der Waals surface area contributed by atoms with Gasteiger partial charge in [0.05, 0.1) is 6.61 Å². The van der Waals surface area contributed by atoms with Gasteiger partial charge in [-0.2, -0.15) is 0 Å². The molecular formula is C12H17BrO. The van der Waals surface area contributed by atoms with Gasteiger partial charge in [0, 0.05) is 4.47 Å². The first-order valence-electron chi connectivity index (χ1n) is 4.86. The third-order valence-corrected chi connectivity index (χ3v) is 2.46. The van der Waals surface area contributed by atoms with E-state index >= 15 is 0 Å². The van der Waals surface area contributed by atoms with Crippen LogP contribution < -0.4 is 4.74 Å². The van der Waals surface area contributed by atoms with E-state index in [1.54, 1.807) is 0 Å². The predicted octanol–water partition coefficient (Wildman–Crippen LogP) is 4.26. The van der Waals surface area contributed by atoms with Gasteiger partial charge in [0.15, 0.2) is 0 Å². The Morgan fingerprint density at radius 2 is 1.71 bits per heavy atom. The number of benzene rings is 1. The molecule has 0 heterocycles. The highest BCUT2D eigenvalue weighted by atomic mass is 79.9. The van der Waals surface area contributed by atoms with E-state index in [0.29, 0.717) is 5.41 Å². The lowest BCUT2D eigenvalue weighted by Gasteiger charge is -2.18. The zero-order valence-electron chi connectivity index (χ0n) is 9.01. The molecule has 0 radical (unpaired) electrons. The molecule has 1 aromatic rings. The van der Waals surface area contributed by atoms with Crippen molar-refractivity contribution in [3.63, 3.8) is 0 Å². The first kappa shape index (κ1) is 11.6. The molecule has 0 spiro atoms. The van der Waals surface area contributed by atoms with Gasteiger partial charge in [0.2, 0.25) is 0 Å². The van der Waals surface area contributed by atoms with Gasteiger partial charge in [-0.15, -0.1) is 0 Å². The van der Waals surface area contributed by atoms with Gasteiger partial charge in [0.1, 0.15) is 5.75 Å². The van der Waals surface area contributed by atoms with E-state index in [1.807, 2.05) is 24.3 Å². The lowest BCUT2D eigenvalue weighted by atomic mass is 9.93. The van der Waals surface area contributed by atoms with Crippen LogP contribution in [0.4, 0.5) is 0 Å². The minimum absolute atomic E-state index is 0.343. The molecule has 0 aliphatic rings. The van der Waals surface area contributed by atoms with Crippen LogP contribution in [0.1, 0.15) is 27.2 Å². The zero-order valence-corrected chi connectivity index (χ0v) is 10.6. The van der Waals surface area contributed by atoms with E-state index in [9.17, 15) is 0 Å². The van der Waals surface area contributed by atoms with Gasteiger partial charge in [-0.1, -0.05) is 36.7 Å². The van der Waals surface area contributed by atoms with E-state index in [1.165, 1.54) is 0 Å². The molecule has 0 saturated heterocycles. The van der Waals surface area contributed by atoms with Crippen molar-refractivity contribution in [2.75, 3.05) is 6.61 Å². The minimum atomic E-state index is 0.343. The SMILES string of the molecule is CC(C)(C)CCOc1ccc(Br)cc1. The largest absolute Gasteiger partial charge is 0.494 e. The number of hydrogen-bond acceptors (Lipinski definition) is 1. The van der Waals surface area contributed by atoms with Gasteiger partial charge >= 0.3 is 0 Å². The summed E-state index contributed by atoms with van der Waals surface area (Å²) >= 11 is 3.39. The molecule has 0 unspecified atom stereocenters. The van der Waals surface area contributed by atoms with Crippen LogP contribution in [0.5, 0.6) is 5.75 Å². The lowest BCUT2D eigenvalue weighted by molar-refractivity contribution is 0.243. The van der Waals surface area contributed by atoms with Crippen LogP contribution >= 0.6 is 15.9 Å². The van der Waals surface area contributed by atoms with Gasteiger partial charge in [-0.3, -0.25) is 0 Å². The van der Waals surface area contributed by atoms with Crippen LogP contribution in [-0.4, -0.2) is 6.61 Å². The van der Waals surface area contributed by atoms with Crippen molar-refractivity contribution in [2.45, 2.75) is 27.2 Å². The van der Waals surface area contributed by atoms with Gasteiger partial charge < -0.3 is 4.74 Å². The van der Waals surface area contributed by atoms with E-state index in [2.05, 4.69) is 36.7 Å². The Bertz CT molecular complexity index is 271. The Morgan fingerprint density at radius 3 is 2.21 bits per heavy atom. The Balaban J connectivity index is 2.35. The number of rotatable bonds is 3. The zero-order chi connectivity index (χ0) is 10.6. The average molecular weight is 257 g/mol. The van der Waals surface area contributed by atoms with E-state index in [0.717, 1.165) is 23.2 Å². The summed E-state index contributed by atoms with van der Waals surface area (Å²) in [4.78, 5) is 0. The maximum atomic E-state index is 5.62. The number of halogens is 1. The quantitative estimate of drug-likeness (QED) is 0.785. The smallest absolute Gasteiger partial charge is 0.119 e. The van der Waals surface area contributed by atoms with Crippen LogP contribution in [0.3, 0.4) is 0 Å². The first-order chi connectivity index (χ1) is 6.47. The summed E-state index contributed by atoms with van der Waals surface area (Å²) < 4.78 is 6.70. The fourth-order valence-electron chi connectivity index (χ4n) is 1.01. The molecule has 0 aliphatic carbocycles. The molecule has 14 heavy (non-hydrogen) atoms. The number of ether oxygens (including phenoxy) is 1. The molecular weight excluding hydrogens is 240 g/mol. The van der Waals surface area contributed by atoms with Crippen molar-refractivity contribution in [3.8, 4) is 5.75 Å². The Kier molecular flexibility index (Phi) is 3.99. The lowest BCUT2D eigenvalue weighted by Crippen LogP contribution is -2.10. The first-order valence-corrected chi connectivity index (χ1v) is 5.65. The molecule has 1 rings (SSSR count). The molecule has 0 fully saturated rings. The van der Waals surface area contributed by atoms with Gasteiger partial charge in [-0.05, 0) is 36.1 Å². The second-order valence-electron chi connectivity index (χ2n) is 4.61. The van der Waals surface area contributed by atoms with Crippen molar-refractivity contribution >= 4 is 15.9 Å². The van der Waals surface area contributed by atoms with E-state index in [-0.39, 0.29) is 0 Å². The molecule has 0 aliphatic heterocycles. The van der Waals surface area contributed by atoms with Crippen molar-refractivity contribution in [1.82, 2.24) is 0 Å². The maximum Gasteiger partial charge on any atom is 0.119 e. The van der Waals surface area contributed by atoms with E-state index in [4.69, 9.17) is 4.74 Å². The third kappa shape index (κ3) is 4.66. The monoisotopic (exact) mass is 256 g/mol. The second-order valence-corrected chi connectivity index (χ2v) is 5.53. The van der Waals surface area contributed by atoms with E-state index < -0.39 is 0 Å². The summed E-state index contributed by atoms with van der Waals surface area (Å²) in [5, 5.41) is 0. The van der Waals surface area contributed by atoms with Crippen LogP contribution in [0.15, 0.2) is 28.7 Å². The highest BCUT2D eigenvalue weighted by Gasteiger charge is 2.09. The Labute approximate surface area is 94.6 Å². The van der Waals surface area contributed by atoms with Crippen molar-refractivity contribution in [2.24, 2.45) is 5.41 Å². The molecule has 0 atom stereocenters. The fourth-order valence-corrected chi connectivity index (χ4v) is 1.27. The van der Waals surface area contributed by atoms with Crippen LogP contribution in [0, 0.1) is 5.41 Å². The second kappa shape index (κ2) is 4.83. The molecule has 0 saturated carbocycles. The summed E-state index contributed by atoms with van der Waals surface area (Å²) in [7, 11) is 0. The van der Waals surface area contributed by atoms with Crippen molar-refractivity contribution < 1.29 is 4.74 Å². The van der Waals surface area contributed by atoms with Crippen LogP contribution in [0.25, 0.3) is 0 Å². The summed E-state index contributed by atoms with van der Waals surface area (Å²) in [6.45, 7) is 7.44. The topological polar surface area (TPSA) is 9.23 Å². The molecule has 0 aromatic heterocycles. The molecule has 2 heteroatoms. The molecule has 0 amide bonds.